The van der Waals surface area contributed by atoms with Crippen molar-refractivity contribution in [2.75, 3.05) is 5.73 Å². The Hall–Kier alpha value is -1.77. The summed E-state index contributed by atoms with van der Waals surface area (Å²) < 4.78 is 33.4. The van der Waals surface area contributed by atoms with Gasteiger partial charge < -0.3 is 10.3 Å². The van der Waals surface area contributed by atoms with Crippen molar-refractivity contribution in [1.29, 1.82) is 0 Å². The first-order valence-electron chi connectivity index (χ1n) is 6.70. The molecular formula is C16H12N3NaO3S. The van der Waals surface area contributed by atoms with Crippen molar-refractivity contribution in [3.63, 3.8) is 0 Å². The molecular weight excluding hydrogens is 337 g/mol. The molecule has 6 nitrogen and oxygen atoms in total. The van der Waals surface area contributed by atoms with Crippen molar-refractivity contribution in [1.82, 2.24) is 0 Å². The predicted octanol–water partition coefficient (Wildman–Crippen LogP) is 0.745. The molecule has 24 heavy (non-hydrogen) atoms. The first-order valence-corrected chi connectivity index (χ1v) is 8.11. The van der Waals surface area contributed by atoms with Crippen molar-refractivity contribution >= 4 is 38.0 Å². The Balaban J connectivity index is 0.00000208. The van der Waals surface area contributed by atoms with Crippen LogP contribution >= 0.6 is 0 Å². The van der Waals surface area contributed by atoms with Crippen molar-refractivity contribution in [3.8, 4) is 0 Å². The fraction of sp³-hybridized carbons (Fsp3) is 0. The van der Waals surface area contributed by atoms with Crippen LogP contribution in [0.2, 0.25) is 0 Å². The summed E-state index contributed by atoms with van der Waals surface area (Å²) in [6, 6.07) is 16.4. The molecule has 0 spiro atoms. The van der Waals surface area contributed by atoms with Gasteiger partial charge in [0.1, 0.15) is 15.8 Å². The Kier molecular flexibility index (Phi) is 5.74. The average Bonchev–Trinajstić information content (AvgIpc) is 2.53. The van der Waals surface area contributed by atoms with Crippen molar-refractivity contribution < 1.29 is 42.5 Å². The van der Waals surface area contributed by atoms with Gasteiger partial charge in [0.2, 0.25) is 0 Å². The van der Waals surface area contributed by atoms with Crippen LogP contribution in [0.15, 0.2) is 75.8 Å². The molecule has 3 aromatic rings. The van der Waals surface area contributed by atoms with Gasteiger partial charge in [0.15, 0.2) is 0 Å². The van der Waals surface area contributed by atoms with Crippen LogP contribution in [0.3, 0.4) is 0 Å². The summed E-state index contributed by atoms with van der Waals surface area (Å²) in [7, 11) is -4.51. The maximum absolute atomic E-state index is 11.1. The monoisotopic (exact) mass is 349 g/mol. The molecule has 0 aromatic heterocycles. The molecule has 2 N–H and O–H groups in total. The average molecular weight is 349 g/mol. The van der Waals surface area contributed by atoms with Gasteiger partial charge in [-0.2, -0.15) is 5.11 Å². The number of rotatable bonds is 3. The first-order chi connectivity index (χ1) is 10.9. The largest absolute Gasteiger partial charge is 1.00 e. The van der Waals surface area contributed by atoms with Crippen molar-refractivity contribution in [2.24, 2.45) is 10.2 Å². The third-order valence-corrected chi connectivity index (χ3v) is 4.14. The third kappa shape index (κ3) is 4.00. The molecule has 8 heteroatoms. The summed E-state index contributed by atoms with van der Waals surface area (Å²) in [5, 5.41) is 9.47. The Morgan fingerprint density at radius 1 is 0.917 bits per heavy atom. The van der Waals surface area contributed by atoms with E-state index in [9.17, 15) is 13.0 Å². The van der Waals surface area contributed by atoms with Crippen LogP contribution in [0.25, 0.3) is 10.8 Å². The van der Waals surface area contributed by atoms with E-state index in [-0.39, 0.29) is 34.5 Å². The molecule has 0 aliphatic heterocycles. The van der Waals surface area contributed by atoms with E-state index in [0.717, 1.165) is 0 Å². The second-order valence-electron chi connectivity index (χ2n) is 4.88. The van der Waals surface area contributed by atoms with E-state index in [1.54, 1.807) is 24.3 Å². The zero-order chi connectivity index (χ0) is 16.4. The maximum atomic E-state index is 11.1. The van der Waals surface area contributed by atoms with Gasteiger partial charge in [-0.1, -0.05) is 30.3 Å². The summed E-state index contributed by atoms with van der Waals surface area (Å²) in [4.78, 5) is -0.291. The molecule has 0 aliphatic carbocycles. The molecule has 0 atom stereocenters. The number of nitrogen functional groups attached to an aromatic ring is 1. The summed E-state index contributed by atoms with van der Waals surface area (Å²) in [6.07, 6.45) is 0. The molecule has 0 unspecified atom stereocenters. The molecule has 0 saturated heterocycles. The van der Waals surface area contributed by atoms with Gasteiger partial charge in [-0.3, -0.25) is 0 Å². The van der Waals surface area contributed by atoms with E-state index in [2.05, 4.69) is 10.2 Å². The number of nitrogens with two attached hydrogens (primary N) is 1. The van der Waals surface area contributed by atoms with Gasteiger partial charge >= 0.3 is 29.6 Å². The zero-order valence-electron chi connectivity index (χ0n) is 12.9. The van der Waals surface area contributed by atoms with Crippen LogP contribution in [0.4, 0.5) is 17.1 Å². The zero-order valence-corrected chi connectivity index (χ0v) is 15.7. The van der Waals surface area contributed by atoms with Crippen LogP contribution in [-0.2, 0) is 10.1 Å². The number of azo groups is 1. The molecule has 0 radical (unpaired) electrons. The number of nitrogens with zero attached hydrogens (tertiary/aromatic N) is 2. The Morgan fingerprint density at radius 3 is 2.29 bits per heavy atom. The topological polar surface area (TPSA) is 108 Å². The molecule has 0 aliphatic rings. The molecule has 0 bridgehead atoms. The molecule has 0 saturated carbocycles. The van der Waals surface area contributed by atoms with E-state index in [0.29, 0.717) is 27.8 Å². The second-order valence-corrected chi connectivity index (χ2v) is 6.26. The first kappa shape index (κ1) is 18.6. The van der Waals surface area contributed by atoms with Gasteiger partial charge in [-0.05, 0) is 35.7 Å². The standard InChI is InChI=1S/C16H13N3O3S.Na/c17-15-9-6-11-10-13(23(20,21)22)7-8-14(11)16(15)19-18-12-4-2-1-3-5-12;/h1-10H,17H2,(H,20,21,22);/q;+1/p-1. The normalized spacial score (nSPS) is 11.5. The minimum Gasteiger partial charge on any atom is -0.744 e. The van der Waals surface area contributed by atoms with Gasteiger partial charge in [0.05, 0.1) is 16.3 Å². The Labute approximate surface area is 161 Å². The smallest absolute Gasteiger partial charge is 0.744 e. The summed E-state index contributed by atoms with van der Waals surface area (Å²) in [5.74, 6) is 0. The fourth-order valence-electron chi connectivity index (χ4n) is 2.18. The molecule has 0 heterocycles. The Bertz CT molecular complexity index is 1010. The van der Waals surface area contributed by atoms with Crippen LogP contribution in [-0.4, -0.2) is 13.0 Å². The van der Waals surface area contributed by atoms with Gasteiger partial charge in [0, 0.05) is 5.39 Å². The third-order valence-electron chi connectivity index (χ3n) is 3.30. The molecule has 116 valence electrons. The van der Waals surface area contributed by atoms with Gasteiger partial charge in [0.25, 0.3) is 0 Å². The Morgan fingerprint density at radius 2 is 1.62 bits per heavy atom. The van der Waals surface area contributed by atoms with Crippen LogP contribution in [0.1, 0.15) is 0 Å². The van der Waals surface area contributed by atoms with Gasteiger partial charge in [-0.15, -0.1) is 5.11 Å². The maximum Gasteiger partial charge on any atom is 1.00 e. The van der Waals surface area contributed by atoms with Gasteiger partial charge in [-0.25, -0.2) is 8.42 Å². The summed E-state index contributed by atoms with van der Waals surface area (Å²) in [5.41, 5.74) is 7.45. The number of hydrogen-bond acceptors (Lipinski definition) is 6. The van der Waals surface area contributed by atoms with Crippen LogP contribution < -0.4 is 35.3 Å². The van der Waals surface area contributed by atoms with E-state index in [1.807, 2.05) is 18.2 Å². The predicted molar refractivity (Wildman–Crippen MR) is 86.9 cm³/mol. The summed E-state index contributed by atoms with van der Waals surface area (Å²) in [6.45, 7) is 0. The second kappa shape index (κ2) is 7.42. The molecule has 3 rings (SSSR count). The summed E-state index contributed by atoms with van der Waals surface area (Å²) >= 11 is 0. The minimum atomic E-state index is -4.51. The SMILES string of the molecule is Nc1ccc2cc(S(=O)(=O)[O-])ccc2c1N=Nc1ccccc1.[Na+]. The van der Waals surface area contributed by atoms with Crippen molar-refractivity contribution in [3.05, 3.63) is 60.7 Å². The fourth-order valence-corrected chi connectivity index (χ4v) is 2.68. The quantitative estimate of drug-likeness (QED) is 0.326. The van der Waals surface area contributed by atoms with E-state index in [4.69, 9.17) is 5.73 Å². The van der Waals surface area contributed by atoms with Crippen molar-refractivity contribution in [2.45, 2.75) is 4.90 Å². The van der Waals surface area contributed by atoms with E-state index in [1.165, 1.54) is 18.2 Å². The minimum absolute atomic E-state index is 0. The van der Waals surface area contributed by atoms with E-state index < -0.39 is 10.1 Å². The molecule has 0 amide bonds. The number of hydrogen-bond donors (Lipinski definition) is 1. The number of benzene rings is 3. The number of anilines is 1. The molecule has 0 fully saturated rings. The van der Waals surface area contributed by atoms with Crippen LogP contribution in [0, 0.1) is 0 Å². The van der Waals surface area contributed by atoms with E-state index >= 15 is 0 Å². The number of fused-ring (bicyclic) bond motifs is 1. The molecule has 3 aromatic carbocycles. The van der Waals surface area contributed by atoms with Crippen LogP contribution in [0.5, 0.6) is 0 Å².